The third-order valence-electron chi connectivity index (χ3n) is 8.25. The van der Waals surface area contributed by atoms with Gasteiger partial charge in [0.1, 0.15) is 17.7 Å². The van der Waals surface area contributed by atoms with E-state index in [9.17, 15) is 13.2 Å². The molecule has 40 heavy (non-hydrogen) atoms. The summed E-state index contributed by atoms with van der Waals surface area (Å²) in [4.78, 5) is 19.6. The van der Waals surface area contributed by atoms with E-state index in [-0.39, 0.29) is 5.82 Å². The van der Waals surface area contributed by atoms with Crippen LogP contribution in [0.2, 0.25) is 0 Å². The maximum Gasteiger partial charge on any atom is 0.434 e. The lowest BCUT2D eigenvalue weighted by atomic mass is 9.92. The van der Waals surface area contributed by atoms with Crippen LogP contribution >= 0.6 is 0 Å². The predicted molar refractivity (Wildman–Crippen MR) is 141 cm³/mol. The smallest absolute Gasteiger partial charge is 0.434 e. The Morgan fingerprint density at radius 1 is 1.05 bits per heavy atom. The number of aryl methyl sites for hydroxylation is 1. The Morgan fingerprint density at radius 2 is 1.88 bits per heavy atom. The predicted octanol–water partition coefficient (Wildman–Crippen LogP) is 5.33. The molecule has 0 amide bonds. The van der Waals surface area contributed by atoms with Crippen molar-refractivity contribution in [3.63, 3.8) is 0 Å². The van der Waals surface area contributed by atoms with Gasteiger partial charge in [-0.2, -0.15) is 18.3 Å². The highest BCUT2D eigenvalue weighted by Gasteiger charge is 2.37. The van der Waals surface area contributed by atoms with Crippen molar-refractivity contribution in [2.75, 3.05) is 18.6 Å². The zero-order valence-corrected chi connectivity index (χ0v) is 22.3. The molecule has 0 N–H and O–H groups in total. The maximum atomic E-state index is 13.2. The van der Waals surface area contributed by atoms with Gasteiger partial charge in [-0.25, -0.2) is 15.0 Å². The number of hydrogen-bond acceptors (Lipinski definition) is 7. The average molecular weight is 551 g/mol. The third kappa shape index (κ3) is 4.20. The number of ether oxygens (including phenoxy) is 1. The monoisotopic (exact) mass is 550 g/mol. The van der Waals surface area contributed by atoms with E-state index >= 15 is 0 Å². The number of fused-ring (bicyclic) bond motifs is 1. The summed E-state index contributed by atoms with van der Waals surface area (Å²) in [5.74, 6) is 1.12. The van der Waals surface area contributed by atoms with Crippen molar-refractivity contribution in [3.8, 4) is 28.7 Å². The first kappa shape index (κ1) is 25.0. The molecule has 208 valence electrons. The Hall–Kier alpha value is -3.96. The Labute approximate surface area is 229 Å². The highest BCUT2D eigenvalue weighted by molar-refractivity contribution is 5.73. The summed E-state index contributed by atoms with van der Waals surface area (Å²) >= 11 is 0. The largest absolute Gasteiger partial charge is 0.480 e. The minimum absolute atomic E-state index is 0.174. The zero-order chi connectivity index (χ0) is 27.6. The van der Waals surface area contributed by atoms with Crippen molar-refractivity contribution >= 4 is 5.69 Å². The molecule has 0 bridgehead atoms. The van der Waals surface area contributed by atoms with Gasteiger partial charge in [-0.1, -0.05) is 0 Å². The second-order valence-electron chi connectivity index (χ2n) is 10.9. The Balaban J connectivity index is 1.24. The number of nitrogens with zero attached hydrogens (tertiary/aromatic N) is 8. The van der Waals surface area contributed by atoms with E-state index in [0.29, 0.717) is 30.1 Å². The Morgan fingerprint density at radius 3 is 2.50 bits per heavy atom. The lowest BCUT2D eigenvalue weighted by Gasteiger charge is -2.32. The first-order valence-electron chi connectivity index (χ1n) is 13.6. The first-order chi connectivity index (χ1) is 19.3. The van der Waals surface area contributed by atoms with Crippen LogP contribution in [-0.2, 0) is 26.2 Å². The van der Waals surface area contributed by atoms with Gasteiger partial charge in [0.15, 0.2) is 11.5 Å². The lowest BCUT2D eigenvalue weighted by Crippen LogP contribution is -2.32. The van der Waals surface area contributed by atoms with E-state index in [2.05, 4.69) is 29.5 Å². The van der Waals surface area contributed by atoms with Crippen LogP contribution in [0.1, 0.15) is 66.7 Å². The number of aromatic nitrogens is 7. The minimum Gasteiger partial charge on any atom is -0.480 e. The summed E-state index contributed by atoms with van der Waals surface area (Å²) in [5.41, 5.74) is 5.54. The molecule has 1 aliphatic heterocycles. The average Bonchev–Trinajstić information content (AvgIpc) is 3.60. The molecule has 5 heterocycles. The maximum absolute atomic E-state index is 13.2. The molecule has 7 rings (SSSR count). The van der Waals surface area contributed by atoms with Crippen LogP contribution in [0, 0.1) is 0 Å². The van der Waals surface area contributed by atoms with Gasteiger partial charge in [-0.3, -0.25) is 9.67 Å². The van der Waals surface area contributed by atoms with Crippen LogP contribution in [0.3, 0.4) is 0 Å². The van der Waals surface area contributed by atoms with Gasteiger partial charge in [0.05, 0.1) is 36.3 Å². The number of pyridine rings is 1. The molecule has 9 nitrogen and oxygen atoms in total. The topological polar surface area (TPSA) is 86.8 Å². The number of hydrogen-bond donors (Lipinski definition) is 0. The summed E-state index contributed by atoms with van der Waals surface area (Å²) in [6, 6.07) is 4.03. The minimum atomic E-state index is -4.51. The molecule has 0 radical (unpaired) electrons. The van der Waals surface area contributed by atoms with Gasteiger partial charge in [0.25, 0.3) is 0 Å². The molecule has 0 saturated heterocycles. The SMILES string of the molecule is COc1ncnc(C2CC2)c1-c1nn(C2CCC2)c2c1CN(c1ccc(-c3nc(C(F)(F)F)cn3C)nc1)CC2. The quantitative estimate of drug-likeness (QED) is 0.321. The van der Waals surface area contributed by atoms with Crippen LogP contribution in [0.4, 0.5) is 18.9 Å². The van der Waals surface area contributed by atoms with Crippen LogP contribution in [0.5, 0.6) is 5.88 Å². The van der Waals surface area contributed by atoms with Crippen LogP contribution in [0.25, 0.3) is 22.8 Å². The van der Waals surface area contributed by atoms with Crippen molar-refractivity contribution in [2.45, 2.75) is 63.2 Å². The number of rotatable bonds is 6. The second kappa shape index (κ2) is 9.31. The summed E-state index contributed by atoms with van der Waals surface area (Å²) < 4.78 is 48.8. The molecule has 2 fully saturated rings. The van der Waals surface area contributed by atoms with Gasteiger partial charge in [-0.05, 0) is 44.2 Å². The fraction of sp³-hybridized carbons (Fsp3) is 0.464. The first-order valence-corrected chi connectivity index (χ1v) is 13.6. The zero-order valence-electron chi connectivity index (χ0n) is 22.3. The Kier molecular flexibility index (Phi) is 5.83. The van der Waals surface area contributed by atoms with Crippen molar-refractivity contribution in [1.29, 1.82) is 0 Å². The van der Waals surface area contributed by atoms with E-state index in [1.54, 1.807) is 25.7 Å². The fourth-order valence-electron chi connectivity index (χ4n) is 5.77. The molecule has 0 unspecified atom stereocenters. The number of halogens is 3. The van der Waals surface area contributed by atoms with Crippen LogP contribution in [0.15, 0.2) is 30.9 Å². The highest BCUT2D eigenvalue weighted by atomic mass is 19.4. The van der Waals surface area contributed by atoms with Gasteiger partial charge in [-0.15, -0.1) is 0 Å². The standard InChI is InChI=1S/C28H29F3N8O/c1-37-14-22(28(29,30)31)35-26(37)20-9-8-18(12-32-20)38-11-10-21-19(13-38)25(36-39(21)17-4-3-5-17)23-24(16-6-7-16)33-15-34-27(23)40-2/h8-9,12,14-17H,3-7,10-11,13H2,1-2H3. The number of anilines is 1. The number of imidazole rings is 1. The summed E-state index contributed by atoms with van der Waals surface area (Å²) in [5, 5.41) is 5.19. The van der Waals surface area contributed by atoms with Crippen molar-refractivity contribution in [2.24, 2.45) is 7.05 Å². The molecule has 0 spiro atoms. The Bertz CT molecular complexity index is 1570. The molecule has 0 atom stereocenters. The summed E-state index contributed by atoms with van der Waals surface area (Å²) in [6.07, 6.45) is 6.25. The van der Waals surface area contributed by atoms with Crippen molar-refractivity contribution < 1.29 is 17.9 Å². The normalized spacial score (nSPS) is 17.6. The summed E-state index contributed by atoms with van der Waals surface area (Å²) in [7, 11) is 3.18. The molecule has 2 aliphatic carbocycles. The van der Waals surface area contributed by atoms with Crippen molar-refractivity contribution in [3.05, 3.63) is 53.5 Å². The van der Waals surface area contributed by atoms with E-state index in [4.69, 9.17) is 9.84 Å². The molecule has 3 aliphatic rings. The second-order valence-corrected chi connectivity index (χ2v) is 10.9. The molecular formula is C28H29F3N8O. The lowest BCUT2D eigenvalue weighted by molar-refractivity contribution is -0.140. The third-order valence-corrected chi connectivity index (χ3v) is 8.25. The molecule has 12 heteroatoms. The molecule has 4 aromatic rings. The van der Waals surface area contributed by atoms with Crippen LogP contribution in [-0.4, -0.2) is 47.9 Å². The van der Waals surface area contributed by atoms with Gasteiger partial charge >= 0.3 is 6.18 Å². The summed E-state index contributed by atoms with van der Waals surface area (Å²) in [6.45, 7) is 1.41. The number of methoxy groups -OCH3 is 1. The van der Waals surface area contributed by atoms with Gasteiger partial charge in [0.2, 0.25) is 5.88 Å². The van der Waals surface area contributed by atoms with Gasteiger partial charge < -0.3 is 14.2 Å². The molecule has 0 aromatic carbocycles. The highest BCUT2D eigenvalue weighted by Crippen LogP contribution is 2.47. The molecule has 4 aromatic heterocycles. The fourth-order valence-corrected chi connectivity index (χ4v) is 5.77. The van der Waals surface area contributed by atoms with E-state index in [1.807, 2.05) is 6.07 Å². The number of alkyl halides is 3. The molecular weight excluding hydrogens is 521 g/mol. The van der Waals surface area contributed by atoms with Crippen LogP contribution < -0.4 is 9.64 Å². The van der Waals surface area contributed by atoms with Gasteiger partial charge in [0, 0.05) is 49.9 Å². The van der Waals surface area contributed by atoms with Crippen molar-refractivity contribution in [1.82, 2.24) is 34.3 Å². The molecule has 2 saturated carbocycles. The van der Waals surface area contributed by atoms with E-state index in [1.165, 1.54) is 23.7 Å². The van der Waals surface area contributed by atoms with E-state index < -0.39 is 11.9 Å². The van der Waals surface area contributed by atoms with E-state index in [0.717, 1.165) is 73.0 Å².